The van der Waals surface area contributed by atoms with E-state index in [-0.39, 0.29) is 5.69 Å². The van der Waals surface area contributed by atoms with Gasteiger partial charge in [0.15, 0.2) is 5.69 Å². The molecule has 0 atom stereocenters. The summed E-state index contributed by atoms with van der Waals surface area (Å²) in [6, 6.07) is 0. The Morgan fingerprint density at radius 3 is 2.79 bits per heavy atom. The van der Waals surface area contributed by atoms with Crippen LogP contribution in [0, 0.1) is 5.92 Å². The van der Waals surface area contributed by atoms with Crippen LogP contribution >= 0.6 is 0 Å². The summed E-state index contributed by atoms with van der Waals surface area (Å²) in [7, 11) is 4.08. The van der Waals surface area contributed by atoms with Gasteiger partial charge in [-0.15, -0.1) is 0 Å². The van der Waals surface area contributed by atoms with Crippen LogP contribution in [0.15, 0.2) is 12.4 Å². The molecule has 0 unspecified atom stereocenters. The van der Waals surface area contributed by atoms with Crippen LogP contribution in [0.3, 0.4) is 0 Å². The molecule has 1 aromatic heterocycles. The third-order valence-corrected chi connectivity index (χ3v) is 3.60. The van der Waals surface area contributed by atoms with Crippen molar-refractivity contribution >= 4 is 11.8 Å². The summed E-state index contributed by atoms with van der Waals surface area (Å²) in [5.41, 5.74) is -0.00673. The Morgan fingerprint density at radius 1 is 1.47 bits per heavy atom. The molecule has 0 bridgehead atoms. The zero-order chi connectivity index (χ0) is 13.8. The minimum absolute atomic E-state index is 0.00673. The smallest absolute Gasteiger partial charge is 0.356 e. The first-order valence-electron chi connectivity index (χ1n) is 6.51. The second-order valence-electron chi connectivity index (χ2n) is 5.19. The highest BCUT2D eigenvalue weighted by Gasteiger charge is 2.19. The Morgan fingerprint density at radius 2 is 2.16 bits per heavy atom. The minimum Gasteiger partial charge on any atom is -0.476 e. The first kappa shape index (κ1) is 13.7. The van der Waals surface area contributed by atoms with Gasteiger partial charge in [-0.05, 0) is 38.9 Å². The lowest BCUT2D eigenvalue weighted by Gasteiger charge is -2.31. The largest absolute Gasteiger partial charge is 0.476 e. The number of piperidine rings is 1. The maximum Gasteiger partial charge on any atom is 0.356 e. The van der Waals surface area contributed by atoms with Crippen LogP contribution < -0.4 is 4.90 Å². The van der Waals surface area contributed by atoms with E-state index in [2.05, 4.69) is 21.9 Å². The van der Waals surface area contributed by atoms with E-state index in [9.17, 15) is 4.79 Å². The van der Waals surface area contributed by atoms with Crippen molar-refractivity contribution in [3.05, 3.63) is 18.1 Å². The first-order chi connectivity index (χ1) is 9.06. The molecule has 1 aliphatic rings. The highest BCUT2D eigenvalue weighted by molar-refractivity contribution is 5.85. The number of carbonyl (C=O) groups is 1. The summed E-state index contributed by atoms with van der Waals surface area (Å²) in [4.78, 5) is 23.3. The summed E-state index contributed by atoms with van der Waals surface area (Å²) < 4.78 is 0. The Balaban J connectivity index is 1.97. The molecule has 1 fully saturated rings. The maximum atomic E-state index is 10.9. The predicted octanol–water partition coefficient (Wildman–Crippen LogP) is 0.953. The first-order valence-corrected chi connectivity index (χ1v) is 6.51. The van der Waals surface area contributed by atoms with Crippen molar-refractivity contribution in [2.24, 2.45) is 5.92 Å². The summed E-state index contributed by atoms with van der Waals surface area (Å²) >= 11 is 0. The van der Waals surface area contributed by atoms with Gasteiger partial charge in [-0.1, -0.05) is 0 Å². The summed E-state index contributed by atoms with van der Waals surface area (Å²) in [6.45, 7) is 3.14. The van der Waals surface area contributed by atoms with Crippen LogP contribution in [0.4, 0.5) is 5.82 Å². The zero-order valence-corrected chi connectivity index (χ0v) is 11.4. The van der Waals surface area contributed by atoms with Gasteiger partial charge in [0, 0.05) is 13.6 Å². The SMILES string of the molecule is CN1CCC(CN(C)c2cncc(C(=O)O)n2)CC1. The van der Waals surface area contributed by atoms with Crippen molar-refractivity contribution in [3.8, 4) is 0 Å². The molecule has 0 aliphatic carbocycles. The van der Waals surface area contributed by atoms with E-state index in [0.717, 1.165) is 19.6 Å². The molecule has 2 heterocycles. The number of anilines is 1. The number of nitrogens with zero attached hydrogens (tertiary/aromatic N) is 4. The minimum atomic E-state index is -1.04. The second kappa shape index (κ2) is 5.97. The number of hydrogen-bond donors (Lipinski definition) is 1. The molecule has 104 valence electrons. The van der Waals surface area contributed by atoms with Gasteiger partial charge in [-0.3, -0.25) is 4.98 Å². The number of carboxylic acids is 1. The third kappa shape index (κ3) is 3.64. The summed E-state index contributed by atoms with van der Waals surface area (Å²) in [6.07, 6.45) is 5.23. The summed E-state index contributed by atoms with van der Waals surface area (Å²) in [5, 5.41) is 8.92. The predicted molar refractivity (Wildman–Crippen MR) is 72.5 cm³/mol. The fourth-order valence-corrected chi connectivity index (χ4v) is 2.37. The van der Waals surface area contributed by atoms with Gasteiger partial charge in [0.2, 0.25) is 0 Å². The number of aromatic carboxylic acids is 1. The van der Waals surface area contributed by atoms with Gasteiger partial charge >= 0.3 is 5.97 Å². The molecule has 0 radical (unpaired) electrons. The normalized spacial score (nSPS) is 17.4. The molecule has 0 saturated carbocycles. The molecule has 1 N–H and O–H groups in total. The number of carboxylic acid groups (broad SMARTS) is 1. The standard InChI is InChI=1S/C13H20N4O2/c1-16-5-3-10(4-6-16)9-17(2)12-8-14-7-11(15-12)13(18)19/h7-8,10H,3-6,9H2,1-2H3,(H,18,19). The quantitative estimate of drug-likeness (QED) is 0.873. The van der Waals surface area contributed by atoms with Gasteiger partial charge in [-0.2, -0.15) is 0 Å². The van der Waals surface area contributed by atoms with Crippen molar-refractivity contribution in [1.82, 2.24) is 14.9 Å². The van der Waals surface area contributed by atoms with E-state index in [1.165, 1.54) is 19.0 Å². The van der Waals surface area contributed by atoms with Gasteiger partial charge in [0.25, 0.3) is 0 Å². The molecule has 1 aliphatic heterocycles. The molecule has 6 heteroatoms. The Labute approximate surface area is 113 Å². The molecule has 0 aromatic carbocycles. The number of likely N-dealkylation sites (tertiary alicyclic amines) is 1. The van der Waals surface area contributed by atoms with Crippen LogP contribution in [-0.4, -0.2) is 59.7 Å². The van der Waals surface area contributed by atoms with Crippen LogP contribution in [0.1, 0.15) is 23.3 Å². The highest BCUT2D eigenvalue weighted by atomic mass is 16.4. The molecular weight excluding hydrogens is 244 g/mol. The van der Waals surface area contributed by atoms with E-state index in [1.54, 1.807) is 6.20 Å². The number of rotatable bonds is 4. The van der Waals surface area contributed by atoms with E-state index in [0.29, 0.717) is 11.7 Å². The fourth-order valence-electron chi connectivity index (χ4n) is 2.37. The Hall–Kier alpha value is -1.69. The lowest BCUT2D eigenvalue weighted by molar-refractivity contribution is 0.0690. The number of hydrogen-bond acceptors (Lipinski definition) is 5. The molecule has 0 amide bonds. The average Bonchev–Trinajstić information content (AvgIpc) is 2.41. The lowest BCUT2D eigenvalue weighted by atomic mass is 9.97. The topological polar surface area (TPSA) is 69.6 Å². The van der Waals surface area contributed by atoms with Gasteiger partial charge in [0.05, 0.1) is 12.4 Å². The van der Waals surface area contributed by atoms with Crippen LogP contribution in [0.25, 0.3) is 0 Å². The van der Waals surface area contributed by atoms with E-state index in [4.69, 9.17) is 5.11 Å². The van der Waals surface area contributed by atoms with Crippen LogP contribution in [0.2, 0.25) is 0 Å². The third-order valence-electron chi connectivity index (χ3n) is 3.60. The van der Waals surface area contributed by atoms with Crippen LogP contribution in [-0.2, 0) is 0 Å². The van der Waals surface area contributed by atoms with Gasteiger partial charge < -0.3 is 14.9 Å². The van der Waals surface area contributed by atoms with Crippen molar-refractivity contribution in [2.75, 3.05) is 38.6 Å². The molecule has 1 aromatic rings. The maximum absolute atomic E-state index is 10.9. The molecule has 1 saturated heterocycles. The molecular formula is C13H20N4O2. The molecule has 19 heavy (non-hydrogen) atoms. The van der Waals surface area contributed by atoms with Crippen molar-refractivity contribution in [3.63, 3.8) is 0 Å². The van der Waals surface area contributed by atoms with Crippen LogP contribution in [0.5, 0.6) is 0 Å². The lowest BCUT2D eigenvalue weighted by Crippen LogP contribution is -2.36. The van der Waals surface area contributed by atoms with E-state index < -0.39 is 5.97 Å². The highest BCUT2D eigenvalue weighted by Crippen LogP contribution is 2.19. The second-order valence-corrected chi connectivity index (χ2v) is 5.19. The van der Waals surface area contributed by atoms with Crippen molar-refractivity contribution in [1.29, 1.82) is 0 Å². The van der Waals surface area contributed by atoms with Gasteiger partial charge in [0.1, 0.15) is 5.82 Å². The fraction of sp³-hybridized carbons (Fsp3) is 0.615. The molecule has 0 spiro atoms. The number of aromatic nitrogens is 2. The van der Waals surface area contributed by atoms with Crippen molar-refractivity contribution < 1.29 is 9.90 Å². The van der Waals surface area contributed by atoms with Gasteiger partial charge in [-0.25, -0.2) is 9.78 Å². The molecule has 2 rings (SSSR count). The monoisotopic (exact) mass is 264 g/mol. The van der Waals surface area contributed by atoms with Crippen molar-refractivity contribution in [2.45, 2.75) is 12.8 Å². The van der Waals surface area contributed by atoms with E-state index in [1.807, 2.05) is 11.9 Å². The Bertz CT molecular complexity index is 444. The Kier molecular flexibility index (Phi) is 4.31. The van der Waals surface area contributed by atoms with E-state index >= 15 is 0 Å². The average molecular weight is 264 g/mol. The summed E-state index contributed by atoms with van der Waals surface area (Å²) in [5.74, 6) is 0.220. The molecule has 6 nitrogen and oxygen atoms in total. The zero-order valence-electron chi connectivity index (χ0n) is 11.4.